The summed E-state index contributed by atoms with van der Waals surface area (Å²) in [7, 11) is 2.19. The number of anilines is 2. The maximum atomic E-state index is 5.81. The highest BCUT2D eigenvalue weighted by molar-refractivity contribution is 5.63. The first-order valence-corrected chi connectivity index (χ1v) is 6.04. The topological polar surface area (TPSA) is 32.5 Å². The smallest absolute Gasteiger partial charge is 0.0401 e. The molecule has 0 unspecified atom stereocenters. The number of benzene rings is 1. The number of rotatable bonds is 2. The lowest BCUT2D eigenvalue weighted by atomic mass is 10.0. The van der Waals surface area contributed by atoms with Gasteiger partial charge in [-0.1, -0.05) is 0 Å². The molecular formula is C13H19N3. The molecule has 3 heteroatoms. The van der Waals surface area contributed by atoms with Crippen LogP contribution >= 0.6 is 0 Å². The predicted molar refractivity (Wildman–Crippen MR) is 67.8 cm³/mol. The van der Waals surface area contributed by atoms with E-state index in [1.54, 1.807) is 0 Å². The second-order valence-electron chi connectivity index (χ2n) is 5.17. The summed E-state index contributed by atoms with van der Waals surface area (Å²) in [5.41, 5.74) is 9.53. The summed E-state index contributed by atoms with van der Waals surface area (Å²) in [5, 5.41) is 0. The van der Waals surface area contributed by atoms with Crippen molar-refractivity contribution in [3.05, 3.63) is 23.8 Å². The average molecular weight is 217 g/mol. The Hall–Kier alpha value is -1.22. The number of hydrogen-bond donors (Lipinski definition) is 1. The number of nitrogens with two attached hydrogens (primary N) is 1. The van der Waals surface area contributed by atoms with E-state index < -0.39 is 0 Å². The van der Waals surface area contributed by atoms with Gasteiger partial charge in [0.05, 0.1) is 0 Å². The van der Waals surface area contributed by atoms with E-state index in [9.17, 15) is 0 Å². The molecule has 3 nitrogen and oxygen atoms in total. The molecule has 16 heavy (non-hydrogen) atoms. The fourth-order valence-corrected chi connectivity index (χ4v) is 2.93. The molecule has 1 saturated heterocycles. The molecule has 0 radical (unpaired) electrons. The molecule has 2 aliphatic rings. The van der Waals surface area contributed by atoms with Crippen LogP contribution in [0.2, 0.25) is 0 Å². The van der Waals surface area contributed by atoms with Gasteiger partial charge < -0.3 is 15.5 Å². The van der Waals surface area contributed by atoms with Gasteiger partial charge in [0.25, 0.3) is 0 Å². The van der Waals surface area contributed by atoms with Gasteiger partial charge in [-0.2, -0.15) is 0 Å². The second-order valence-corrected chi connectivity index (χ2v) is 5.17. The fourth-order valence-electron chi connectivity index (χ4n) is 2.93. The van der Waals surface area contributed by atoms with Crippen molar-refractivity contribution in [3.8, 4) is 0 Å². The minimum atomic E-state index is 0.855. The van der Waals surface area contributed by atoms with Crippen LogP contribution in [0.3, 0.4) is 0 Å². The Labute approximate surface area is 96.8 Å². The summed E-state index contributed by atoms with van der Waals surface area (Å²) in [4.78, 5) is 4.90. The molecule has 1 aromatic carbocycles. The van der Waals surface area contributed by atoms with Crippen molar-refractivity contribution in [2.75, 3.05) is 43.9 Å². The van der Waals surface area contributed by atoms with Gasteiger partial charge in [0.15, 0.2) is 0 Å². The van der Waals surface area contributed by atoms with Crippen molar-refractivity contribution in [1.29, 1.82) is 0 Å². The molecule has 0 spiro atoms. The standard InChI is InChI=1S/C13H19N3/c1-15-7-10(8-15)9-16-5-4-11-6-12(14)2-3-13(11)16/h2-3,6,10H,4-5,7-9,14H2,1H3. The molecule has 0 aromatic heterocycles. The Kier molecular flexibility index (Phi) is 2.28. The van der Waals surface area contributed by atoms with E-state index >= 15 is 0 Å². The number of hydrogen-bond acceptors (Lipinski definition) is 3. The van der Waals surface area contributed by atoms with Gasteiger partial charge in [-0.05, 0) is 37.2 Å². The highest BCUT2D eigenvalue weighted by Crippen LogP contribution is 2.31. The molecule has 1 aromatic rings. The summed E-state index contributed by atoms with van der Waals surface area (Å²) in [6.07, 6.45) is 1.16. The van der Waals surface area contributed by atoms with E-state index in [1.807, 2.05) is 6.07 Å². The van der Waals surface area contributed by atoms with Crippen LogP contribution in [0.15, 0.2) is 18.2 Å². The number of likely N-dealkylation sites (tertiary alicyclic amines) is 1. The SMILES string of the molecule is CN1CC(CN2CCc3cc(N)ccc32)C1. The summed E-state index contributed by atoms with van der Waals surface area (Å²) < 4.78 is 0. The third-order valence-corrected chi connectivity index (χ3v) is 3.71. The van der Waals surface area contributed by atoms with Crippen LogP contribution in [0.5, 0.6) is 0 Å². The molecule has 1 fully saturated rings. The van der Waals surface area contributed by atoms with Crippen LogP contribution in [0.4, 0.5) is 11.4 Å². The largest absolute Gasteiger partial charge is 0.399 e. The van der Waals surface area contributed by atoms with Crippen LogP contribution in [0.1, 0.15) is 5.56 Å². The van der Waals surface area contributed by atoms with Crippen molar-refractivity contribution < 1.29 is 0 Å². The van der Waals surface area contributed by atoms with Crippen molar-refractivity contribution in [1.82, 2.24) is 4.90 Å². The van der Waals surface area contributed by atoms with E-state index in [0.717, 1.165) is 18.0 Å². The number of fused-ring (bicyclic) bond motifs is 1. The quantitative estimate of drug-likeness (QED) is 0.755. The van der Waals surface area contributed by atoms with E-state index in [0.29, 0.717) is 0 Å². The van der Waals surface area contributed by atoms with Crippen molar-refractivity contribution in [2.24, 2.45) is 5.92 Å². The summed E-state index contributed by atoms with van der Waals surface area (Å²) in [5.74, 6) is 0.855. The minimum Gasteiger partial charge on any atom is -0.399 e. The van der Waals surface area contributed by atoms with Crippen LogP contribution in [-0.4, -0.2) is 38.1 Å². The second kappa shape index (κ2) is 3.67. The van der Waals surface area contributed by atoms with Gasteiger partial charge in [-0.15, -0.1) is 0 Å². The Balaban J connectivity index is 1.71. The zero-order chi connectivity index (χ0) is 11.1. The maximum absolute atomic E-state index is 5.81. The van der Waals surface area contributed by atoms with Gasteiger partial charge in [-0.25, -0.2) is 0 Å². The molecule has 2 heterocycles. The molecular weight excluding hydrogens is 198 g/mol. The molecule has 0 aliphatic carbocycles. The molecule has 0 saturated carbocycles. The minimum absolute atomic E-state index is 0.855. The van der Waals surface area contributed by atoms with E-state index in [1.165, 1.54) is 37.4 Å². The highest BCUT2D eigenvalue weighted by Gasteiger charge is 2.28. The molecule has 0 bridgehead atoms. The Bertz CT molecular complexity index is 396. The molecule has 3 rings (SSSR count). The van der Waals surface area contributed by atoms with Gasteiger partial charge in [-0.3, -0.25) is 0 Å². The van der Waals surface area contributed by atoms with Crippen molar-refractivity contribution in [3.63, 3.8) is 0 Å². The lowest BCUT2D eigenvalue weighted by molar-refractivity contribution is 0.139. The molecule has 0 atom stereocenters. The van der Waals surface area contributed by atoms with Gasteiger partial charge in [0.1, 0.15) is 0 Å². The van der Waals surface area contributed by atoms with Crippen molar-refractivity contribution >= 4 is 11.4 Å². The zero-order valence-corrected chi connectivity index (χ0v) is 9.82. The van der Waals surface area contributed by atoms with Gasteiger partial charge in [0, 0.05) is 43.5 Å². The monoisotopic (exact) mass is 217 g/mol. The first kappa shape index (κ1) is 9.97. The van der Waals surface area contributed by atoms with Gasteiger partial charge >= 0.3 is 0 Å². The van der Waals surface area contributed by atoms with Crippen LogP contribution < -0.4 is 10.6 Å². The maximum Gasteiger partial charge on any atom is 0.0401 e. The normalized spacial score (nSPS) is 20.9. The van der Waals surface area contributed by atoms with E-state index in [2.05, 4.69) is 29.0 Å². The van der Waals surface area contributed by atoms with Crippen LogP contribution in [0.25, 0.3) is 0 Å². The van der Waals surface area contributed by atoms with Crippen LogP contribution in [-0.2, 0) is 6.42 Å². The third kappa shape index (κ3) is 1.65. The Morgan fingerprint density at radius 2 is 2.19 bits per heavy atom. The Morgan fingerprint density at radius 3 is 2.94 bits per heavy atom. The molecule has 0 amide bonds. The van der Waals surface area contributed by atoms with E-state index in [-0.39, 0.29) is 0 Å². The molecule has 2 aliphatic heterocycles. The van der Waals surface area contributed by atoms with Crippen LogP contribution in [0, 0.1) is 5.92 Å². The number of nitrogens with zero attached hydrogens (tertiary/aromatic N) is 2. The third-order valence-electron chi connectivity index (χ3n) is 3.71. The summed E-state index contributed by atoms with van der Waals surface area (Å²) in [6, 6.07) is 6.33. The summed E-state index contributed by atoms with van der Waals surface area (Å²) in [6.45, 7) is 4.88. The first-order valence-electron chi connectivity index (χ1n) is 6.04. The average Bonchev–Trinajstić information content (AvgIpc) is 2.58. The zero-order valence-electron chi connectivity index (χ0n) is 9.82. The highest BCUT2D eigenvalue weighted by atomic mass is 15.2. The number of nitrogen functional groups attached to an aromatic ring is 1. The predicted octanol–water partition coefficient (Wildman–Crippen LogP) is 1.19. The first-order chi connectivity index (χ1) is 7.72. The van der Waals surface area contributed by atoms with Gasteiger partial charge in [0.2, 0.25) is 0 Å². The lowest BCUT2D eigenvalue weighted by Crippen LogP contribution is -2.49. The Morgan fingerprint density at radius 1 is 1.38 bits per heavy atom. The lowest BCUT2D eigenvalue weighted by Gasteiger charge is -2.39. The van der Waals surface area contributed by atoms with Crippen molar-refractivity contribution in [2.45, 2.75) is 6.42 Å². The molecule has 86 valence electrons. The fraction of sp³-hybridized carbons (Fsp3) is 0.538. The van der Waals surface area contributed by atoms with E-state index in [4.69, 9.17) is 5.73 Å². The summed E-state index contributed by atoms with van der Waals surface area (Å²) >= 11 is 0. The molecule has 2 N–H and O–H groups in total.